The van der Waals surface area contributed by atoms with Crippen LogP contribution in [-0.2, 0) is 4.74 Å². The quantitative estimate of drug-likeness (QED) is 0.502. The van der Waals surface area contributed by atoms with E-state index in [1.54, 1.807) is 30.0 Å². The number of rotatable bonds is 5. The molecule has 3 aromatic rings. The fourth-order valence-corrected chi connectivity index (χ4v) is 4.09. The number of amides is 1. The van der Waals surface area contributed by atoms with E-state index in [0.29, 0.717) is 21.5 Å². The summed E-state index contributed by atoms with van der Waals surface area (Å²) in [5.74, 6) is -0.608. The molecule has 1 N–H and O–H groups in total. The predicted octanol–water partition coefficient (Wildman–Crippen LogP) is 4.84. The van der Waals surface area contributed by atoms with Crippen LogP contribution in [0.4, 0.5) is 5.13 Å². The maximum absolute atomic E-state index is 12.4. The van der Waals surface area contributed by atoms with Crippen LogP contribution in [0.25, 0.3) is 10.2 Å². The first-order valence-corrected chi connectivity index (χ1v) is 9.73. The first kappa shape index (κ1) is 18.4. The Bertz CT molecular complexity index is 949. The largest absolute Gasteiger partial charge is 0.465 e. The highest BCUT2D eigenvalue weighted by atomic mass is 32.2. The summed E-state index contributed by atoms with van der Waals surface area (Å²) in [6.07, 6.45) is 0. The number of anilines is 1. The molecule has 0 fully saturated rings. The molecular weight excluding hydrogens is 368 g/mol. The Hall–Kier alpha value is -2.38. The van der Waals surface area contributed by atoms with Crippen LogP contribution in [-0.4, -0.2) is 29.2 Å². The lowest BCUT2D eigenvalue weighted by molar-refractivity contribution is 0.0601. The van der Waals surface area contributed by atoms with Crippen molar-refractivity contribution in [3.63, 3.8) is 0 Å². The highest BCUT2D eigenvalue weighted by Crippen LogP contribution is 2.28. The Balaban J connectivity index is 1.75. The average Bonchev–Trinajstić information content (AvgIpc) is 3.02. The summed E-state index contributed by atoms with van der Waals surface area (Å²) in [4.78, 5) is 29.6. The van der Waals surface area contributed by atoms with E-state index >= 15 is 0 Å². The normalized spacial score (nSPS) is 10.9. The van der Waals surface area contributed by atoms with Crippen molar-refractivity contribution in [2.45, 2.75) is 24.0 Å². The number of methoxy groups -OCH3 is 1. The third-order valence-electron chi connectivity index (χ3n) is 3.52. The summed E-state index contributed by atoms with van der Waals surface area (Å²) in [6.45, 7) is 4.26. The van der Waals surface area contributed by atoms with E-state index in [2.05, 4.69) is 24.1 Å². The molecule has 0 spiro atoms. The molecule has 0 radical (unpaired) electrons. The Morgan fingerprint density at radius 3 is 2.46 bits per heavy atom. The van der Waals surface area contributed by atoms with Gasteiger partial charge in [-0.15, -0.1) is 11.8 Å². The van der Waals surface area contributed by atoms with Gasteiger partial charge in [-0.1, -0.05) is 25.2 Å². The van der Waals surface area contributed by atoms with E-state index < -0.39 is 5.97 Å². The van der Waals surface area contributed by atoms with Crippen molar-refractivity contribution < 1.29 is 14.3 Å². The molecule has 26 heavy (non-hydrogen) atoms. The lowest BCUT2D eigenvalue weighted by Crippen LogP contribution is -2.11. The lowest BCUT2D eigenvalue weighted by Gasteiger charge is -2.06. The average molecular weight is 386 g/mol. The van der Waals surface area contributed by atoms with Gasteiger partial charge < -0.3 is 4.74 Å². The van der Waals surface area contributed by atoms with Crippen molar-refractivity contribution >= 4 is 50.3 Å². The third kappa shape index (κ3) is 4.23. The standard InChI is InChI=1S/C19H18N2O3S2/c1-11(2)25-14-7-4-12(5-8-14)17(22)21-19-20-15-9-6-13(18(23)24-3)10-16(15)26-19/h4-11H,1-3H3,(H,20,21,22). The highest BCUT2D eigenvalue weighted by molar-refractivity contribution is 7.99. The summed E-state index contributed by atoms with van der Waals surface area (Å²) in [5.41, 5.74) is 1.76. The number of fused-ring (bicyclic) bond motifs is 1. The van der Waals surface area contributed by atoms with Crippen LogP contribution in [0.5, 0.6) is 0 Å². The molecule has 0 aliphatic rings. The van der Waals surface area contributed by atoms with Gasteiger partial charge in [0.15, 0.2) is 5.13 Å². The lowest BCUT2D eigenvalue weighted by atomic mass is 10.2. The fraction of sp³-hybridized carbons (Fsp3) is 0.211. The van der Waals surface area contributed by atoms with Gasteiger partial charge in [-0.3, -0.25) is 10.1 Å². The number of ether oxygens (including phenoxy) is 1. The molecule has 7 heteroatoms. The zero-order chi connectivity index (χ0) is 18.7. The Morgan fingerprint density at radius 1 is 1.12 bits per heavy atom. The van der Waals surface area contributed by atoms with Crippen molar-refractivity contribution in [3.05, 3.63) is 53.6 Å². The van der Waals surface area contributed by atoms with Gasteiger partial charge in [-0.2, -0.15) is 0 Å². The molecular formula is C19H18N2O3S2. The first-order chi connectivity index (χ1) is 12.5. The number of thioether (sulfide) groups is 1. The van der Waals surface area contributed by atoms with E-state index in [1.165, 1.54) is 18.4 Å². The summed E-state index contributed by atoms with van der Waals surface area (Å²) < 4.78 is 5.53. The van der Waals surface area contributed by atoms with Crippen LogP contribution < -0.4 is 5.32 Å². The third-order valence-corrected chi connectivity index (χ3v) is 5.47. The summed E-state index contributed by atoms with van der Waals surface area (Å²) >= 11 is 3.07. The fourth-order valence-electron chi connectivity index (χ4n) is 2.35. The van der Waals surface area contributed by atoms with Gasteiger partial charge in [0.05, 0.1) is 22.9 Å². The monoisotopic (exact) mass is 386 g/mol. The molecule has 0 atom stereocenters. The van der Waals surface area contributed by atoms with Crippen LogP contribution in [0, 0.1) is 0 Å². The molecule has 0 saturated heterocycles. The number of esters is 1. The molecule has 134 valence electrons. The minimum atomic E-state index is -0.398. The molecule has 0 aliphatic heterocycles. The summed E-state index contributed by atoms with van der Waals surface area (Å²) in [7, 11) is 1.34. The number of carbonyl (C=O) groups excluding carboxylic acids is 2. The van der Waals surface area contributed by atoms with Gasteiger partial charge in [0.1, 0.15) is 0 Å². The number of aromatic nitrogens is 1. The number of nitrogens with one attached hydrogen (secondary N) is 1. The van der Waals surface area contributed by atoms with E-state index in [9.17, 15) is 9.59 Å². The summed E-state index contributed by atoms with van der Waals surface area (Å²) in [6, 6.07) is 12.6. The number of hydrogen-bond acceptors (Lipinski definition) is 6. The molecule has 1 heterocycles. The minimum absolute atomic E-state index is 0.210. The van der Waals surface area contributed by atoms with Gasteiger partial charge in [0.2, 0.25) is 0 Å². The Morgan fingerprint density at radius 2 is 1.81 bits per heavy atom. The van der Waals surface area contributed by atoms with Crippen LogP contribution in [0.15, 0.2) is 47.4 Å². The van der Waals surface area contributed by atoms with Crippen LogP contribution in [0.2, 0.25) is 0 Å². The van der Waals surface area contributed by atoms with Crippen molar-refractivity contribution in [3.8, 4) is 0 Å². The first-order valence-electron chi connectivity index (χ1n) is 8.03. The number of carbonyl (C=O) groups is 2. The number of nitrogens with zero attached hydrogens (tertiary/aromatic N) is 1. The molecule has 0 aliphatic carbocycles. The SMILES string of the molecule is COC(=O)c1ccc2nc(NC(=O)c3ccc(SC(C)C)cc3)sc2c1. The zero-order valence-electron chi connectivity index (χ0n) is 14.6. The second-order valence-corrected chi connectivity index (χ2v) is 8.52. The van der Waals surface area contributed by atoms with E-state index in [0.717, 1.165) is 15.1 Å². The van der Waals surface area contributed by atoms with E-state index in [-0.39, 0.29) is 5.91 Å². The van der Waals surface area contributed by atoms with Crippen LogP contribution >= 0.6 is 23.1 Å². The van der Waals surface area contributed by atoms with Crippen molar-refractivity contribution in [2.24, 2.45) is 0 Å². The molecule has 1 amide bonds. The number of thiazole rings is 1. The molecule has 0 bridgehead atoms. The van der Waals surface area contributed by atoms with Gasteiger partial charge in [-0.05, 0) is 42.5 Å². The number of benzene rings is 2. The summed E-state index contributed by atoms with van der Waals surface area (Å²) in [5, 5.41) is 3.80. The second-order valence-electron chi connectivity index (χ2n) is 5.84. The zero-order valence-corrected chi connectivity index (χ0v) is 16.2. The van der Waals surface area contributed by atoms with Crippen molar-refractivity contribution in [1.82, 2.24) is 4.98 Å². The smallest absolute Gasteiger partial charge is 0.337 e. The Labute approximate surface area is 159 Å². The van der Waals surface area contributed by atoms with Gasteiger partial charge in [0, 0.05) is 15.7 Å². The molecule has 3 rings (SSSR count). The molecule has 0 unspecified atom stereocenters. The maximum Gasteiger partial charge on any atom is 0.337 e. The number of hydrogen-bond donors (Lipinski definition) is 1. The van der Waals surface area contributed by atoms with Gasteiger partial charge in [-0.25, -0.2) is 9.78 Å². The van der Waals surface area contributed by atoms with E-state index in [4.69, 9.17) is 4.74 Å². The topological polar surface area (TPSA) is 68.3 Å². The van der Waals surface area contributed by atoms with Crippen LogP contribution in [0.3, 0.4) is 0 Å². The minimum Gasteiger partial charge on any atom is -0.465 e. The van der Waals surface area contributed by atoms with Crippen LogP contribution in [0.1, 0.15) is 34.6 Å². The second kappa shape index (κ2) is 7.88. The molecule has 5 nitrogen and oxygen atoms in total. The maximum atomic E-state index is 12.4. The molecule has 2 aromatic carbocycles. The predicted molar refractivity (Wildman–Crippen MR) is 106 cm³/mol. The van der Waals surface area contributed by atoms with Gasteiger partial charge in [0.25, 0.3) is 5.91 Å². The van der Waals surface area contributed by atoms with Crippen molar-refractivity contribution in [2.75, 3.05) is 12.4 Å². The Kier molecular flexibility index (Phi) is 5.58. The van der Waals surface area contributed by atoms with Crippen molar-refractivity contribution in [1.29, 1.82) is 0 Å². The van der Waals surface area contributed by atoms with E-state index in [1.807, 2.05) is 24.3 Å². The van der Waals surface area contributed by atoms with Gasteiger partial charge >= 0.3 is 5.97 Å². The highest BCUT2D eigenvalue weighted by Gasteiger charge is 2.12. The molecule has 1 aromatic heterocycles. The molecule has 0 saturated carbocycles.